The van der Waals surface area contributed by atoms with Crippen LogP contribution in [0.4, 0.5) is 10.1 Å². The minimum Gasteiger partial charge on any atom is -0.381 e. The number of halogens is 1. The summed E-state index contributed by atoms with van der Waals surface area (Å²) in [7, 11) is 0. The number of H-pyrrole nitrogens is 1. The first-order valence-corrected chi connectivity index (χ1v) is 8.02. The lowest BCUT2D eigenvalue weighted by atomic mass is 10.1. The quantitative estimate of drug-likeness (QED) is 0.727. The number of anilines is 1. The zero-order chi connectivity index (χ0) is 17.1. The van der Waals surface area contributed by atoms with Crippen LogP contribution in [0.5, 0.6) is 0 Å². The summed E-state index contributed by atoms with van der Waals surface area (Å²) < 4.78 is 16.0. The summed E-state index contributed by atoms with van der Waals surface area (Å²) in [6.07, 6.45) is 2.41. The highest BCUT2D eigenvalue weighted by molar-refractivity contribution is 5.63. The lowest BCUT2D eigenvalue weighted by molar-refractivity contribution is 0.582. The van der Waals surface area contributed by atoms with Gasteiger partial charge in [0, 0.05) is 30.0 Å². The average Bonchev–Trinajstić information content (AvgIpc) is 3.17. The lowest BCUT2D eigenvalue weighted by Crippen LogP contribution is -2.04. The topological polar surface area (TPSA) is 71.4 Å². The van der Waals surface area contributed by atoms with Gasteiger partial charge in [0.15, 0.2) is 5.82 Å². The largest absolute Gasteiger partial charge is 0.381 e. The maximum atomic E-state index is 14.0. The summed E-state index contributed by atoms with van der Waals surface area (Å²) in [6.45, 7) is 7.79. The minimum absolute atomic E-state index is 0.333. The summed E-state index contributed by atoms with van der Waals surface area (Å²) in [5.74, 6) is 0.0831. The summed E-state index contributed by atoms with van der Waals surface area (Å²) >= 11 is 0. The zero-order valence-corrected chi connectivity index (χ0v) is 14.1. The van der Waals surface area contributed by atoms with Crippen molar-refractivity contribution in [1.82, 2.24) is 25.0 Å². The van der Waals surface area contributed by atoms with Crippen LogP contribution in [0.3, 0.4) is 0 Å². The monoisotopic (exact) mass is 328 g/mol. The zero-order valence-electron chi connectivity index (χ0n) is 14.1. The van der Waals surface area contributed by atoms with Crippen molar-refractivity contribution in [2.45, 2.75) is 40.3 Å². The molecule has 0 saturated carbocycles. The van der Waals surface area contributed by atoms with E-state index in [1.165, 1.54) is 23.7 Å². The predicted molar refractivity (Wildman–Crippen MR) is 91.1 cm³/mol. The van der Waals surface area contributed by atoms with E-state index in [1.807, 2.05) is 11.6 Å². The highest BCUT2D eigenvalue weighted by atomic mass is 19.1. The number of nitrogens with one attached hydrogen (secondary N) is 2. The highest BCUT2D eigenvalue weighted by Crippen LogP contribution is 2.24. The molecule has 6 nitrogen and oxygen atoms in total. The second kappa shape index (κ2) is 6.82. The fourth-order valence-corrected chi connectivity index (χ4v) is 2.76. The number of aryl methyl sites for hydroxylation is 2. The molecule has 24 heavy (non-hydrogen) atoms. The van der Waals surface area contributed by atoms with E-state index >= 15 is 0 Å². The van der Waals surface area contributed by atoms with Crippen LogP contribution >= 0.6 is 0 Å². The first-order valence-electron chi connectivity index (χ1n) is 8.02. The number of aromatic nitrogens is 5. The van der Waals surface area contributed by atoms with Gasteiger partial charge in [0.05, 0.1) is 11.3 Å². The van der Waals surface area contributed by atoms with E-state index in [0.717, 1.165) is 24.3 Å². The number of aromatic amines is 1. The molecule has 0 aliphatic rings. The van der Waals surface area contributed by atoms with Crippen molar-refractivity contribution in [3.05, 3.63) is 47.3 Å². The molecule has 126 valence electrons. The second-order valence-corrected chi connectivity index (χ2v) is 5.75. The van der Waals surface area contributed by atoms with Gasteiger partial charge < -0.3 is 5.32 Å². The Hall–Kier alpha value is -2.70. The predicted octanol–water partition coefficient (Wildman–Crippen LogP) is 3.45. The molecule has 3 rings (SSSR count). The summed E-state index contributed by atoms with van der Waals surface area (Å²) in [5, 5.41) is 14.4. The van der Waals surface area contributed by atoms with Crippen molar-refractivity contribution in [3.8, 4) is 11.4 Å². The normalized spacial score (nSPS) is 11.0. The molecule has 0 bridgehead atoms. The van der Waals surface area contributed by atoms with Gasteiger partial charge >= 0.3 is 0 Å². The van der Waals surface area contributed by atoms with Crippen LogP contribution in [0.15, 0.2) is 24.5 Å². The van der Waals surface area contributed by atoms with Crippen molar-refractivity contribution < 1.29 is 4.39 Å². The molecule has 1 aromatic carbocycles. The van der Waals surface area contributed by atoms with Crippen LogP contribution in [0.1, 0.15) is 30.3 Å². The van der Waals surface area contributed by atoms with Crippen molar-refractivity contribution in [2.75, 3.05) is 5.32 Å². The third kappa shape index (κ3) is 3.15. The van der Waals surface area contributed by atoms with Gasteiger partial charge in [-0.1, -0.05) is 6.92 Å². The molecule has 0 radical (unpaired) electrons. The molecular weight excluding hydrogens is 307 g/mol. The highest BCUT2D eigenvalue weighted by Gasteiger charge is 2.12. The molecule has 2 N–H and O–H groups in total. The Balaban J connectivity index is 1.79. The van der Waals surface area contributed by atoms with E-state index in [0.29, 0.717) is 17.9 Å². The Morgan fingerprint density at radius 2 is 2.12 bits per heavy atom. The molecule has 0 fully saturated rings. The first kappa shape index (κ1) is 16.2. The number of benzene rings is 1. The van der Waals surface area contributed by atoms with E-state index in [-0.39, 0.29) is 5.82 Å². The average molecular weight is 328 g/mol. The van der Waals surface area contributed by atoms with Gasteiger partial charge in [-0.3, -0.25) is 9.78 Å². The smallest absolute Gasteiger partial charge is 0.158 e. The molecular formula is C17H21FN6. The standard InChI is InChI=1S/C17H21FN6/c1-4-7-24-12(3)15(11(2)23-24)9-19-13-5-6-16(18)14(8-13)17-20-10-21-22-17/h5-6,8,10,19H,4,7,9H2,1-3H3,(H,20,21,22). The van der Waals surface area contributed by atoms with Gasteiger partial charge in [-0.05, 0) is 38.5 Å². The Kier molecular flexibility index (Phi) is 4.59. The van der Waals surface area contributed by atoms with Crippen LogP contribution in [-0.4, -0.2) is 25.0 Å². The second-order valence-electron chi connectivity index (χ2n) is 5.75. The van der Waals surface area contributed by atoms with Gasteiger partial charge in [0.25, 0.3) is 0 Å². The van der Waals surface area contributed by atoms with Crippen molar-refractivity contribution in [2.24, 2.45) is 0 Å². The number of nitrogens with zero attached hydrogens (tertiary/aromatic N) is 4. The Bertz CT molecular complexity index is 822. The van der Waals surface area contributed by atoms with Crippen LogP contribution in [-0.2, 0) is 13.1 Å². The van der Waals surface area contributed by atoms with Crippen LogP contribution in [0, 0.1) is 19.7 Å². The Morgan fingerprint density at radius 3 is 2.83 bits per heavy atom. The number of rotatable bonds is 6. The molecule has 2 heterocycles. The molecule has 2 aromatic heterocycles. The molecule has 0 unspecified atom stereocenters. The van der Waals surface area contributed by atoms with Gasteiger partial charge in [-0.2, -0.15) is 10.2 Å². The van der Waals surface area contributed by atoms with Crippen LogP contribution in [0.25, 0.3) is 11.4 Å². The summed E-state index contributed by atoms with van der Waals surface area (Å²) in [5.41, 5.74) is 4.58. The van der Waals surface area contributed by atoms with Crippen molar-refractivity contribution in [1.29, 1.82) is 0 Å². The Labute approximate surface area is 140 Å². The summed E-state index contributed by atoms with van der Waals surface area (Å²) in [6, 6.07) is 4.88. The molecule has 0 amide bonds. The van der Waals surface area contributed by atoms with E-state index < -0.39 is 0 Å². The van der Waals surface area contributed by atoms with Gasteiger partial charge in [-0.25, -0.2) is 9.37 Å². The molecule has 0 aliphatic heterocycles. The minimum atomic E-state index is -0.333. The molecule has 3 aromatic rings. The van der Waals surface area contributed by atoms with E-state index in [9.17, 15) is 4.39 Å². The maximum Gasteiger partial charge on any atom is 0.158 e. The van der Waals surface area contributed by atoms with Crippen LogP contribution < -0.4 is 5.32 Å². The van der Waals surface area contributed by atoms with Crippen molar-refractivity contribution >= 4 is 5.69 Å². The fraction of sp³-hybridized carbons (Fsp3) is 0.353. The lowest BCUT2D eigenvalue weighted by Gasteiger charge is -2.09. The van der Waals surface area contributed by atoms with Gasteiger partial charge in [-0.15, -0.1) is 0 Å². The maximum absolute atomic E-state index is 14.0. The molecule has 0 saturated heterocycles. The number of hydrogen-bond acceptors (Lipinski definition) is 4. The molecule has 0 aliphatic carbocycles. The van der Waals surface area contributed by atoms with Crippen LogP contribution in [0.2, 0.25) is 0 Å². The van der Waals surface area contributed by atoms with E-state index in [2.05, 4.69) is 39.4 Å². The third-order valence-corrected chi connectivity index (χ3v) is 4.07. The van der Waals surface area contributed by atoms with E-state index in [4.69, 9.17) is 0 Å². The third-order valence-electron chi connectivity index (χ3n) is 4.07. The van der Waals surface area contributed by atoms with Crippen molar-refractivity contribution in [3.63, 3.8) is 0 Å². The fourth-order valence-electron chi connectivity index (χ4n) is 2.76. The Morgan fingerprint density at radius 1 is 1.29 bits per heavy atom. The van der Waals surface area contributed by atoms with E-state index in [1.54, 1.807) is 12.1 Å². The summed E-state index contributed by atoms with van der Waals surface area (Å²) in [4.78, 5) is 4.01. The van der Waals surface area contributed by atoms with Gasteiger partial charge in [0.2, 0.25) is 0 Å². The molecule has 0 spiro atoms. The molecule has 0 atom stereocenters. The number of hydrogen-bond donors (Lipinski definition) is 2. The van der Waals surface area contributed by atoms with Gasteiger partial charge in [0.1, 0.15) is 12.1 Å². The molecule has 7 heteroatoms. The SMILES string of the molecule is CCCn1nc(C)c(CNc2ccc(F)c(-c3ncn[nH]3)c2)c1C. The first-order chi connectivity index (χ1) is 11.6.